The number of carbonyl (C=O) groups is 2. The van der Waals surface area contributed by atoms with Crippen molar-refractivity contribution in [1.82, 2.24) is 10.2 Å². The largest absolute Gasteiger partial charge is 0.497 e. The number of carbonyl (C=O) groups excluding carboxylic acids is 2. The van der Waals surface area contributed by atoms with Gasteiger partial charge in [-0.15, -0.1) is 11.3 Å². The van der Waals surface area contributed by atoms with Crippen LogP contribution in [0.15, 0.2) is 35.7 Å². The first-order valence-electron chi connectivity index (χ1n) is 10.6. The Kier molecular flexibility index (Phi) is 5.84. The summed E-state index contributed by atoms with van der Waals surface area (Å²) in [4.78, 5) is 30.1. The summed E-state index contributed by atoms with van der Waals surface area (Å²) in [6, 6.07) is 10.1. The highest BCUT2D eigenvalue weighted by atomic mass is 32.1. The highest BCUT2D eigenvalue weighted by Crippen LogP contribution is 2.28. The quantitative estimate of drug-likeness (QED) is 0.667. The fourth-order valence-electron chi connectivity index (χ4n) is 4.68. The number of quaternary nitrogens is 1. The van der Waals surface area contributed by atoms with Gasteiger partial charge in [0, 0.05) is 23.3 Å². The molecule has 30 heavy (non-hydrogen) atoms. The lowest BCUT2D eigenvalue weighted by Gasteiger charge is -2.34. The zero-order valence-corrected chi connectivity index (χ0v) is 18.7. The van der Waals surface area contributed by atoms with Gasteiger partial charge in [-0.2, -0.15) is 0 Å². The van der Waals surface area contributed by atoms with E-state index in [2.05, 4.69) is 23.7 Å². The molecule has 1 unspecified atom stereocenters. The van der Waals surface area contributed by atoms with Gasteiger partial charge in [-0.1, -0.05) is 19.1 Å². The molecule has 0 saturated carbocycles. The maximum atomic E-state index is 13.2. The number of imide groups is 1. The molecule has 1 fully saturated rings. The van der Waals surface area contributed by atoms with Crippen LogP contribution in [0.3, 0.4) is 0 Å². The summed E-state index contributed by atoms with van der Waals surface area (Å²) in [6.45, 7) is 5.40. The van der Waals surface area contributed by atoms with Crippen molar-refractivity contribution >= 4 is 23.3 Å². The molecule has 2 aliphatic heterocycles. The van der Waals surface area contributed by atoms with Crippen LogP contribution in [0.2, 0.25) is 0 Å². The number of amides is 3. The monoisotopic (exact) mass is 428 g/mol. The fraction of sp³-hybridized carbons (Fsp3) is 0.478. The van der Waals surface area contributed by atoms with E-state index in [1.165, 1.54) is 20.2 Å². The SMILES string of the molecule is CC[C@H]1c2ccsc2CC[NH+]1CN1C(=O)N[C@](C)(CCc2ccc(OC)cc2)C1=O. The normalized spacial score (nSPS) is 25.9. The molecule has 3 heterocycles. The number of thiophene rings is 1. The minimum absolute atomic E-state index is 0.112. The van der Waals surface area contributed by atoms with Crippen molar-refractivity contribution in [2.75, 3.05) is 20.3 Å². The molecular weight excluding hydrogens is 398 g/mol. The van der Waals surface area contributed by atoms with E-state index in [1.54, 1.807) is 7.11 Å². The zero-order valence-electron chi connectivity index (χ0n) is 17.9. The topological polar surface area (TPSA) is 63.1 Å². The lowest BCUT2D eigenvalue weighted by atomic mass is 9.93. The van der Waals surface area contributed by atoms with E-state index in [-0.39, 0.29) is 11.9 Å². The van der Waals surface area contributed by atoms with Gasteiger partial charge in [0.1, 0.15) is 17.3 Å². The molecule has 0 radical (unpaired) electrons. The molecule has 0 bridgehead atoms. The standard InChI is InChI=1S/C23H29N3O3S/c1-4-19-18-11-14-30-20(18)10-13-25(19)15-26-21(27)23(2,24-22(26)28)12-9-16-5-7-17(29-3)8-6-16/h5-8,11,14,19H,4,9-10,12-13,15H2,1-3H3,(H,24,28)/p+1/t19-,23+/m0/s1. The van der Waals surface area contributed by atoms with Gasteiger partial charge in [0.15, 0.2) is 6.67 Å². The Morgan fingerprint density at radius 3 is 2.73 bits per heavy atom. The molecule has 0 spiro atoms. The van der Waals surface area contributed by atoms with E-state index in [0.717, 1.165) is 30.7 Å². The molecule has 4 rings (SSSR count). The van der Waals surface area contributed by atoms with Gasteiger partial charge in [0.25, 0.3) is 5.91 Å². The Labute approximate surface area is 181 Å². The van der Waals surface area contributed by atoms with Gasteiger partial charge in [-0.3, -0.25) is 4.79 Å². The molecule has 1 aromatic heterocycles. The molecule has 7 heteroatoms. The number of urea groups is 1. The number of aryl methyl sites for hydroxylation is 1. The molecule has 6 nitrogen and oxygen atoms in total. The minimum Gasteiger partial charge on any atom is -0.497 e. The van der Waals surface area contributed by atoms with Gasteiger partial charge >= 0.3 is 6.03 Å². The first kappa shape index (κ1) is 20.9. The summed E-state index contributed by atoms with van der Waals surface area (Å²) in [7, 11) is 1.64. The molecule has 2 aliphatic rings. The fourth-order valence-corrected chi connectivity index (χ4v) is 5.63. The van der Waals surface area contributed by atoms with Crippen molar-refractivity contribution < 1.29 is 19.2 Å². The lowest BCUT2D eigenvalue weighted by molar-refractivity contribution is -0.940. The van der Waals surface area contributed by atoms with Crippen LogP contribution >= 0.6 is 11.3 Å². The molecule has 1 saturated heterocycles. The molecule has 3 atom stereocenters. The number of nitrogens with zero attached hydrogens (tertiary/aromatic N) is 1. The third-order valence-electron chi connectivity index (χ3n) is 6.51. The van der Waals surface area contributed by atoms with E-state index in [4.69, 9.17) is 4.74 Å². The highest BCUT2D eigenvalue weighted by Gasteiger charge is 2.49. The number of benzene rings is 1. The van der Waals surface area contributed by atoms with Crippen LogP contribution in [0.4, 0.5) is 4.79 Å². The summed E-state index contributed by atoms with van der Waals surface area (Å²) in [5, 5.41) is 5.11. The van der Waals surface area contributed by atoms with Crippen LogP contribution in [-0.2, 0) is 17.6 Å². The zero-order chi connectivity index (χ0) is 21.3. The van der Waals surface area contributed by atoms with Crippen molar-refractivity contribution in [3.8, 4) is 5.75 Å². The van der Waals surface area contributed by atoms with Crippen LogP contribution in [0.25, 0.3) is 0 Å². The number of nitrogens with one attached hydrogen (secondary N) is 2. The van der Waals surface area contributed by atoms with E-state index in [1.807, 2.05) is 42.5 Å². The molecule has 0 aliphatic carbocycles. The van der Waals surface area contributed by atoms with Gasteiger partial charge in [0.05, 0.1) is 13.7 Å². The first-order valence-corrected chi connectivity index (χ1v) is 11.5. The Balaban J connectivity index is 1.43. The molecular formula is C23H30N3O3S+. The number of hydrogen-bond donors (Lipinski definition) is 2. The van der Waals surface area contributed by atoms with Crippen LogP contribution in [0, 0.1) is 0 Å². The third kappa shape index (κ3) is 3.84. The average molecular weight is 429 g/mol. The summed E-state index contributed by atoms with van der Waals surface area (Å²) in [6.07, 6.45) is 3.29. The number of ether oxygens (including phenoxy) is 1. The molecule has 1 aromatic carbocycles. The molecule has 3 amide bonds. The van der Waals surface area contributed by atoms with Crippen molar-refractivity contribution in [1.29, 1.82) is 0 Å². The number of hydrogen-bond acceptors (Lipinski definition) is 4. The second-order valence-corrected chi connectivity index (χ2v) is 9.42. The van der Waals surface area contributed by atoms with Crippen molar-refractivity contribution in [2.24, 2.45) is 0 Å². The van der Waals surface area contributed by atoms with Crippen LogP contribution in [0.1, 0.15) is 48.7 Å². The van der Waals surface area contributed by atoms with E-state index < -0.39 is 5.54 Å². The smallest absolute Gasteiger partial charge is 0.329 e. The summed E-state index contributed by atoms with van der Waals surface area (Å²) < 4.78 is 5.20. The van der Waals surface area contributed by atoms with Gasteiger partial charge in [0.2, 0.25) is 0 Å². The summed E-state index contributed by atoms with van der Waals surface area (Å²) in [5.41, 5.74) is 1.65. The van der Waals surface area contributed by atoms with Gasteiger partial charge in [-0.25, -0.2) is 9.69 Å². The van der Waals surface area contributed by atoms with Crippen LogP contribution in [0.5, 0.6) is 5.75 Å². The van der Waals surface area contributed by atoms with Crippen molar-refractivity contribution in [2.45, 2.75) is 51.1 Å². The maximum absolute atomic E-state index is 13.2. The van der Waals surface area contributed by atoms with E-state index >= 15 is 0 Å². The maximum Gasteiger partial charge on any atom is 0.329 e. The Morgan fingerprint density at radius 1 is 1.27 bits per heavy atom. The van der Waals surface area contributed by atoms with Crippen molar-refractivity contribution in [3.63, 3.8) is 0 Å². The highest BCUT2D eigenvalue weighted by molar-refractivity contribution is 7.10. The van der Waals surface area contributed by atoms with Crippen LogP contribution in [-0.4, -0.2) is 42.7 Å². The average Bonchev–Trinajstić information content (AvgIpc) is 3.31. The second-order valence-electron chi connectivity index (χ2n) is 8.42. The molecule has 2 N–H and O–H groups in total. The predicted octanol–water partition coefficient (Wildman–Crippen LogP) is 2.55. The Bertz CT molecular complexity index is 926. The Hall–Kier alpha value is -2.38. The summed E-state index contributed by atoms with van der Waals surface area (Å²) >= 11 is 1.82. The van der Waals surface area contributed by atoms with Gasteiger partial charge < -0.3 is 15.0 Å². The third-order valence-corrected chi connectivity index (χ3v) is 7.51. The van der Waals surface area contributed by atoms with Crippen LogP contribution < -0.4 is 15.0 Å². The van der Waals surface area contributed by atoms with E-state index in [0.29, 0.717) is 25.6 Å². The summed E-state index contributed by atoms with van der Waals surface area (Å²) in [5.74, 6) is 0.699. The molecule has 2 aromatic rings. The lowest BCUT2D eigenvalue weighted by Crippen LogP contribution is -3.14. The second kappa shape index (κ2) is 8.40. The number of fused-ring (bicyclic) bond motifs is 1. The van der Waals surface area contributed by atoms with E-state index in [9.17, 15) is 9.59 Å². The van der Waals surface area contributed by atoms with Crippen molar-refractivity contribution in [3.05, 3.63) is 51.7 Å². The predicted molar refractivity (Wildman–Crippen MR) is 117 cm³/mol. The first-order chi connectivity index (χ1) is 14.4. The number of methoxy groups -OCH3 is 1. The Morgan fingerprint density at radius 2 is 2.03 bits per heavy atom. The van der Waals surface area contributed by atoms with Gasteiger partial charge in [-0.05, 0) is 48.9 Å². The molecule has 160 valence electrons. The minimum atomic E-state index is -0.860. The number of rotatable bonds is 7.